The van der Waals surface area contributed by atoms with E-state index in [1.807, 2.05) is 24.3 Å². The molecule has 1 aliphatic rings. The Balaban J connectivity index is 1.30. The lowest BCUT2D eigenvalue weighted by molar-refractivity contribution is 0.578. The fourth-order valence-electron chi connectivity index (χ4n) is 5.05. The quantitative estimate of drug-likeness (QED) is 0.395. The Kier molecular flexibility index (Phi) is 5.57. The summed E-state index contributed by atoms with van der Waals surface area (Å²) in [6.45, 7) is 3.04. The molecule has 5 nitrogen and oxygen atoms in total. The summed E-state index contributed by atoms with van der Waals surface area (Å²) >= 11 is 0. The van der Waals surface area contributed by atoms with Crippen molar-refractivity contribution >= 4 is 27.5 Å². The van der Waals surface area contributed by atoms with E-state index in [-0.39, 0.29) is 0 Å². The highest BCUT2D eigenvalue weighted by atomic mass is 15.1. The molecule has 1 fully saturated rings. The number of piperidine rings is 1. The van der Waals surface area contributed by atoms with E-state index in [2.05, 4.69) is 51.1 Å². The van der Waals surface area contributed by atoms with Gasteiger partial charge in [-0.25, -0.2) is 0 Å². The molecule has 2 aromatic heterocycles. The molecule has 0 unspecified atom stereocenters. The molecule has 0 bridgehead atoms. The molecule has 0 radical (unpaired) electrons. The van der Waals surface area contributed by atoms with Gasteiger partial charge in [-0.15, -0.1) is 0 Å². The summed E-state index contributed by atoms with van der Waals surface area (Å²) in [5.74, 6) is 0. The molecule has 2 aromatic carbocycles. The fraction of sp³-hybridized carbons (Fsp3) is 0.333. The van der Waals surface area contributed by atoms with Crippen LogP contribution in [0, 0.1) is 22.7 Å². The third-order valence-electron chi connectivity index (χ3n) is 6.71. The zero-order valence-electron chi connectivity index (χ0n) is 18.3. The minimum atomic E-state index is 0.707. The van der Waals surface area contributed by atoms with Crippen LogP contribution < -0.4 is 4.90 Å². The first kappa shape index (κ1) is 20.2. The summed E-state index contributed by atoms with van der Waals surface area (Å²) in [6.07, 6.45) is 11.1. The van der Waals surface area contributed by atoms with Crippen LogP contribution in [0.2, 0.25) is 0 Å². The molecule has 1 N–H and O–H groups in total. The molecule has 4 aromatic rings. The topological polar surface area (TPSA) is 71.5 Å². The van der Waals surface area contributed by atoms with Crippen molar-refractivity contribution in [3.63, 3.8) is 0 Å². The highest BCUT2D eigenvalue weighted by molar-refractivity contribution is 5.96. The van der Waals surface area contributed by atoms with Gasteiger partial charge in [-0.2, -0.15) is 10.5 Å². The Morgan fingerprint density at radius 2 is 1.78 bits per heavy atom. The molecule has 1 saturated heterocycles. The first-order chi connectivity index (χ1) is 15.8. The van der Waals surface area contributed by atoms with Crippen molar-refractivity contribution in [2.45, 2.75) is 45.1 Å². The molecule has 0 aliphatic carbocycles. The lowest BCUT2D eigenvalue weighted by atomic mass is 10.0. The minimum Gasteiger partial charge on any atom is -0.370 e. The molecule has 3 heterocycles. The number of fused-ring (bicyclic) bond motifs is 2. The molecular formula is C27H27N5. The number of nitriles is 2. The van der Waals surface area contributed by atoms with Crippen molar-refractivity contribution in [1.82, 2.24) is 9.55 Å². The number of aromatic nitrogens is 2. The minimum absolute atomic E-state index is 0.707. The second kappa shape index (κ2) is 8.81. The second-order valence-electron chi connectivity index (χ2n) is 8.71. The van der Waals surface area contributed by atoms with Crippen molar-refractivity contribution in [1.29, 1.82) is 10.5 Å². The van der Waals surface area contributed by atoms with Crippen molar-refractivity contribution in [2.24, 2.45) is 0 Å². The Bertz CT molecular complexity index is 1340. The second-order valence-corrected chi connectivity index (χ2v) is 8.71. The van der Waals surface area contributed by atoms with Crippen molar-refractivity contribution in [2.75, 3.05) is 18.0 Å². The van der Waals surface area contributed by atoms with E-state index in [1.165, 1.54) is 35.7 Å². The van der Waals surface area contributed by atoms with Gasteiger partial charge >= 0.3 is 0 Å². The number of unbranched alkanes of at least 4 members (excludes halogenated alkanes) is 1. The van der Waals surface area contributed by atoms with Gasteiger partial charge in [0.05, 0.1) is 28.4 Å². The molecular weight excluding hydrogens is 394 g/mol. The molecule has 5 rings (SSSR count). The van der Waals surface area contributed by atoms with E-state index >= 15 is 0 Å². The van der Waals surface area contributed by atoms with Gasteiger partial charge in [0.25, 0.3) is 0 Å². The Labute approximate surface area is 188 Å². The summed E-state index contributed by atoms with van der Waals surface area (Å²) in [6, 6.07) is 16.7. The number of nitrogens with zero attached hydrogens (tertiary/aromatic N) is 4. The number of rotatable bonds is 6. The lowest BCUT2D eigenvalue weighted by Gasteiger charge is -2.30. The van der Waals surface area contributed by atoms with Crippen LogP contribution in [0.4, 0.5) is 5.69 Å². The van der Waals surface area contributed by atoms with E-state index < -0.39 is 0 Å². The zero-order chi connectivity index (χ0) is 21.9. The van der Waals surface area contributed by atoms with E-state index in [1.54, 1.807) is 0 Å². The largest absolute Gasteiger partial charge is 0.370 e. The average molecular weight is 422 g/mol. The summed E-state index contributed by atoms with van der Waals surface area (Å²) in [7, 11) is 0. The third kappa shape index (κ3) is 3.72. The van der Waals surface area contributed by atoms with Gasteiger partial charge in [-0.1, -0.05) is 0 Å². The highest BCUT2D eigenvalue weighted by Gasteiger charge is 2.19. The van der Waals surface area contributed by atoms with Gasteiger partial charge in [-0.05, 0) is 80.5 Å². The first-order valence-electron chi connectivity index (χ1n) is 11.6. The van der Waals surface area contributed by atoms with Gasteiger partial charge in [0.1, 0.15) is 6.07 Å². The third-order valence-corrected chi connectivity index (χ3v) is 6.71. The Morgan fingerprint density at radius 3 is 2.59 bits per heavy atom. The van der Waals surface area contributed by atoms with Gasteiger partial charge in [0, 0.05) is 48.3 Å². The van der Waals surface area contributed by atoms with Gasteiger partial charge in [-0.3, -0.25) is 0 Å². The van der Waals surface area contributed by atoms with Crippen LogP contribution in [0.3, 0.4) is 0 Å². The normalized spacial score (nSPS) is 14.0. The number of aromatic amines is 1. The maximum absolute atomic E-state index is 9.68. The number of hydrogen-bond donors (Lipinski definition) is 1. The van der Waals surface area contributed by atoms with Crippen LogP contribution in [-0.4, -0.2) is 22.6 Å². The van der Waals surface area contributed by atoms with Crippen LogP contribution in [0.25, 0.3) is 21.8 Å². The molecule has 0 amide bonds. The molecule has 1 aliphatic heterocycles. The predicted molar refractivity (Wildman–Crippen MR) is 129 cm³/mol. The molecule has 32 heavy (non-hydrogen) atoms. The first-order valence-corrected chi connectivity index (χ1v) is 11.6. The zero-order valence-corrected chi connectivity index (χ0v) is 18.3. The maximum Gasteiger partial charge on any atom is 0.101 e. The molecule has 0 atom stereocenters. The number of aryl methyl sites for hydroxylation is 2. The Morgan fingerprint density at radius 1 is 0.906 bits per heavy atom. The van der Waals surface area contributed by atoms with Gasteiger partial charge in [0.15, 0.2) is 0 Å². The van der Waals surface area contributed by atoms with Crippen LogP contribution >= 0.6 is 0 Å². The van der Waals surface area contributed by atoms with Crippen molar-refractivity contribution < 1.29 is 0 Å². The van der Waals surface area contributed by atoms with Crippen LogP contribution in [0.1, 0.15) is 48.8 Å². The van der Waals surface area contributed by atoms with Crippen LogP contribution in [0.15, 0.2) is 48.8 Å². The van der Waals surface area contributed by atoms with Crippen molar-refractivity contribution in [3.05, 3.63) is 65.5 Å². The maximum atomic E-state index is 9.68. The van der Waals surface area contributed by atoms with Gasteiger partial charge < -0.3 is 14.5 Å². The Hall–Kier alpha value is -3.70. The summed E-state index contributed by atoms with van der Waals surface area (Å²) in [5, 5.41) is 21.2. The standard InChI is InChI=1S/C27H27N5/c28-17-20-7-9-25-24(16-20)22(19-30-25)6-2-5-12-31-15-11-23-26(31)10-8-21(18-29)27(23)32-13-3-1-4-14-32/h7-11,15-16,19,30H,1-6,12-14H2. The number of anilines is 1. The van der Waals surface area contributed by atoms with E-state index in [0.717, 1.165) is 61.1 Å². The van der Waals surface area contributed by atoms with E-state index in [9.17, 15) is 10.5 Å². The molecule has 0 saturated carbocycles. The van der Waals surface area contributed by atoms with Crippen molar-refractivity contribution in [3.8, 4) is 12.1 Å². The summed E-state index contributed by atoms with van der Waals surface area (Å²) in [5.41, 5.74) is 6.20. The smallest absolute Gasteiger partial charge is 0.101 e. The molecule has 0 spiro atoms. The lowest BCUT2D eigenvalue weighted by Crippen LogP contribution is -2.30. The molecule has 5 heteroatoms. The number of nitrogens with one attached hydrogen (secondary N) is 1. The highest BCUT2D eigenvalue weighted by Crippen LogP contribution is 2.33. The number of H-pyrrole nitrogens is 1. The van der Waals surface area contributed by atoms with Crippen LogP contribution in [0.5, 0.6) is 0 Å². The van der Waals surface area contributed by atoms with E-state index in [0.29, 0.717) is 5.56 Å². The van der Waals surface area contributed by atoms with E-state index in [4.69, 9.17) is 0 Å². The SMILES string of the molecule is N#Cc1ccc2[nH]cc(CCCCn3ccc4c(N5CCCCC5)c(C#N)ccc43)c2c1. The van der Waals surface area contributed by atoms with Gasteiger partial charge in [0.2, 0.25) is 0 Å². The molecule has 160 valence electrons. The fourth-order valence-corrected chi connectivity index (χ4v) is 5.05. The summed E-state index contributed by atoms with van der Waals surface area (Å²) in [4.78, 5) is 5.72. The summed E-state index contributed by atoms with van der Waals surface area (Å²) < 4.78 is 2.33. The number of benzene rings is 2. The van der Waals surface area contributed by atoms with Crippen LogP contribution in [-0.2, 0) is 13.0 Å². The number of hydrogen-bond acceptors (Lipinski definition) is 3. The monoisotopic (exact) mass is 421 g/mol. The predicted octanol–water partition coefficient (Wildman–Crippen LogP) is 5.88. The average Bonchev–Trinajstić information content (AvgIpc) is 3.45.